The van der Waals surface area contributed by atoms with Gasteiger partial charge >= 0.3 is 5.97 Å². The van der Waals surface area contributed by atoms with Gasteiger partial charge in [-0.3, -0.25) is 4.79 Å². The third-order valence-corrected chi connectivity index (χ3v) is 3.64. The van der Waals surface area contributed by atoms with Crippen molar-refractivity contribution in [2.24, 2.45) is 5.92 Å². The normalized spacial score (nSPS) is 15.3. The van der Waals surface area contributed by atoms with E-state index in [0.29, 0.717) is 0 Å². The maximum Gasteiger partial charge on any atom is 0.326 e. The van der Waals surface area contributed by atoms with Gasteiger partial charge in [-0.15, -0.1) is 5.10 Å². The van der Waals surface area contributed by atoms with Crippen LogP contribution in [0.4, 0.5) is 0 Å². The molecule has 1 aliphatic rings. The number of amides is 1. The van der Waals surface area contributed by atoms with Crippen LogP contribution in [-0.4, -0.2) is 38.0 Å². The average molecular weight is 300 g/mol. The lowest BCUT2D eigenvalue weighted by Crippen LogP contribution is -2.42. The molecule has 3 rings (SSSR count). The molecule has 1 aromatic carbocycles. The molecule has 1 amide bonds. The number of carbonyl (C=O) groups is 2. The molecule has 1 unspecified atom stereocenters. The molecule has 1 atom stereocenters. The van der Waals surface area contributed by atoms with Gasteiger partial charge in [-0.05, 0) is 43.4 Å². The van der Waals surface area contributed by atoms with Gasteiger partial charge < -0.3 is 10.4 Å². The molecule has 1 aromatic heterocycles. The highest BCUT2D eigenvalue weighted by Gasteiger charge is 2.37. The SMILES string of the molecule is Cc1cccc(-n2cc(C(=O)NC(C(=O)O)C3CC3)nn2)c1. The molecular formula is C15H16N4O3. The van der Waals surface area contributed by atoms with Crippen LogP contribution in [0.25, 0.3) is 5.69 Å². The van der Waals surface area contributed by atoms with E-state index in [1.807, 2.05) is 31.2 Å². The van der Waals surface area contributed by atoms with Gasteiger partial charge in [-0.25, -0.2) is 9.48 Å². The summed E-state index contributed by atoms with van der Waals surface area (Å²) < 4.78 is 1.49. The van der Waals surface area contributed by atoms with Gasteiger partial charge in [0.25, 0.3) is 5.91 Å². The van der Waals surface area contributed by atoms with E-state index in [1.165, 1.54) is 10.9 Å². The van der Waals surface area contributed by atoms with Gasteiger partial charge in [0.15, 0.2) is 5.69 Å². The lowest BCUT2D eigenvalue weighted by molar-refractivity contribution is -0.139. The van der Waals surface area contributed by atoms with E-state index in [-0.39, 0.29) is 11.6 Å². The molecule has 1 fully saturated rings. The highest BCUT2D eigenvalue weighted by molar-refractivity contribution is 5.94. The zero-order valence-corrected chi connectivity index (χ0v) is 12.1. The van der Waals surface area contributed by atoms with Crippen LogP contribution in [0.15, 0.2) is 30.5 Å². The number of aryl methyl sites for hydroxylation is 1. The second-order valence-corrected chi connectivity index (χ2v) is 5.51. The third-order valence-electron chi connectivity index (χ3n) is 3.64. The van der Waals surface area contributed by atoms with Crippen LogP contribution in [0.1, 0.15) is 28.9 Å². The Morgan fingerprint density at radius 2 is 2.18 bits per heavy atom. The first-order valence-corrected chi connectivity index (χ1v) is 7.07. The molecule has 0 saturated heterocycles. The number of hydrogen-bond donors (Lipinski definition) is 2. The standard InChI is InChI=1S/C15H16N4O3/c1-9-3-2-4-11(7-9)19-8-12(17-18-19)14(20)16-13(15(21)22)10-5-6-10/h2-4,7-8,10,13H,5-6H2,1H3,(H,16,20)(H,21,22). The Hall–Kier alpha value is -2.70. The number of carboxylic acids is 1. The number of aliphatic carboxylic acids is 1. The van der Waals surface area contributed by atoms with Crippen LogP contribution in [0, 0.1) is 12.8 Å². The number of nitrogens with one attached hydrogen (secondary N) is 1. The van der Waals surface area contributed by atoms with Crippen molar-refractivity contribution >= 4 is 11.9 Å². The number of carboxylic acid groups (broad SMARTS) is 1. The van der Waals surface area contributed by atoms with Crippen molar-refractivity contribution in [2.75, 3.05) is 0 Å². The largest absolute Gasteiger partial charge is 0.480 e. The maximum absolute atomic E-state index is 12.1. The Balaban J connectivity index is 1.75. The minimum Gasteiger partial charge on any atom is -0.480 e. The van der Waals surface area contributed by atoms with Crippen LogP contribution < -0.4 is 5.32 Å². The van der Waals surface area contributed by atoms with E-state index in [4.69, 9.17) is 5.11 Å². The van der Waals surface area contributed by atoms with E-state index >= 15 is 0 Å². The monoisotopic (exact) mass is 300 g/mol. The summed E-state index contributed by atoms with van der Waals surface area (Å²) in [5, 5.41) is 19.4. The third kappa shape index (κ3) is 2.98. The van der Waals surface area contributed by atoms with Crippen molar-refractivity contribution in [3.8, 4) is 5.69 Å². The van der Waals surface area contributed by atoms with Crippen LogP contribution in [-0.2, 0) is 4.79 Å². The second kappa shape index (κ2) is 5.59. The van der Waals surface area contributed by atoms with Crippen molar-refractivity contribution < 1.29 is 14.7 Å². The zero-order chi connectivity index (χ0) is 15.7. The van der Waals surface area contributed by atoms with Gasteiger partial charge in [0.1, 0.15) is 6.04 Å². The van der Waals surface area contributed by atoms with Crippen LogP contribution in [0.2, 0.25) is 0 Å². The summed E-state index contributed by atoms with van der Waals surface area (Å²) in [6.45, 7) is 1.96. The van der Waals surface area contributed by atoms with E-state index in [1.54, 1.807) is 0 Å². The highest BCUT2D eigenvalue weighted by Crippen LogP contribution is 2.32. The number of benzene rings is 1. The Morgan fingerprint density at radius 3 is 2.82 bits per heavy atom. The van der Waals surface area contributed by atoms with Crippen LogP contribution in [0.5, 0.6) is 0 Å². The summed E-state index contributed by atoms with van der Waals surface area (Å²) in [7, 11) is 0. The van der Waals surface area contributed by atoms with Crippen molar-refractivity contribution in [3.05, 3.63) is 41.7 Å². The maximum atomic E-state index is 12.1. The molecule has 7 nitrogen and oxygen atoms in total. The molecule has 1 aliphatic carbocycles. The molecule has 0 aliphatic heterocycles. The lowest BCUT2D eigenvalue weighted by atomic mass is 10.2. The molecule has 114 valence electrons. The first kappa shape index (κ1) is 14.2. The van der Waals surface area contributed by atoms with Gasteiger partial charge in [0, 0.05) is 0 Å². The predicted octanol–water partition coefficient (Wildman–Crippen LogP) is 1.17. The van der Waals surface area contributed by atoms with E-state index in [2.05, 4.69) is 15.6 Å². The summed E-state index contributed by atoms with van der Waals surface area (Å²) in [6, 6.07) is 6.77. The number of hydrogen-bond acceptors (Lipinski definition) is 4. The minimum atomic E-state index is -1.01. The fraction of sp³-hybridized carbons (Fsp3) is 0.333. The first-order chi connectivity index (χ1) is 10.5. The summed E-state index contributed by atoms with van der Waals surface area (Å²) in [5.74, 6) is -1.51. The smallest absolute Gasteiger partial charge is 0.326 e. The predicted molar refractivity (Wildman–Crippen MR) is 77.7 cm³/mol. The average Bonchev–Trinajstić information content (AvgIpc) is 3.19. The highest BCUT2D eigenvalue weighted by atomic mass is 16.4. The number of aromatic nitrogens is 3. The van der Waals surface area contributed by atoms with E-state index in [0.717, 1.165) is 24.1 Å². The second-order valence-electron chi connectivity index (χ2n) is 5.51. The summed E-state index contributed by atoms with van der Waals surface area (Å²) in [5.41, 5.74) is 1.97. The van der Waals surface area contributed by atoms with Crippen molar-refractivity contribution in [2.45, 2.75) is 25.8 Å². The fourth-order valence-corrected chi connectivity index (χ4v) is 2.29. The van der Waals surface area contributed by atoms with Crippen molar-refractivity contribution in [1.82, 2.24) is 20.3 Å². The minimum absolute atomic E-state index is 0.0215. The van der Waals surface area contributed by atoms with Gasteiger partial charge in [0.2, 0.25) is 0 Å². The molecule has 7 heteroatoms. The van der Waals surface area contributed by atoms with Crippen molar-refractivity contribution in [1.29, 1.82) is 0 Å². The molecule has 0 bridgehead atoms. The molecule has 0 spiro atoms. The van der Waals surface area contributed by atoms with Gasteiger partial charge in [-0.1, -0.05) is 17.3 Å². The Labute approximate surface area is 126 Å². The molecule has 0 radical (unpaired) electrons. The summed E-state index contributed by atoms with van der Waals surface area (Å²) in [6.07, 6.45) is 3.15. The van der Waals surface area contributed by atoms with Crippen LogP contribution in [0.3, 0.4) is 0 Å². The van der Waals surface area contributed by atoms with Gasteiger partial charge in [0.05, 0.1) is 11.9 Å². The van der Waals surface area contributed by atoms with E-state index < -0.39 is 17.9 Å². The Bertz CT molecular complexity index is 721. The molecule has 2 aromatic rings. The zero-order valence-electron chi connectivity index (χ0n) is 12.1. The lowest BCUT2D eigenvalue weighted by Gasteiger charge is -2.11. The number of rotatable bonds is 5. The van der Waals surface area contributed by atoms with Crippen molar-refractivity contribution in [3.63, 3.8) is 0 Å². The molecule has 22 heavy (non-hydrogen) atoms. The van der Waals surface area contributed by atoms with Crippen LogP contribution >= 0.6 is 0 Å². The summed E-state index contributed by atoms with van der Waals surface area (Å²) >= 11 is 0. The number of nitrogens with zero attached hydrogens (tertiary/aromatic N) is 3. The summed E-state index contributed by atoms with van der Waals surface area (Å²) in [4.78, 5) is 23.3. The Kier molecular flexibility index (Phi) is 3.62. The molecule has 1 saturated carbocycles. The quantitative estimate of drug-likeness (QED) is 0.864. The number of carbonyl (C=O) groups excluding carboxylic acids is 1. The first-order valence-electron chi connectivity index (χ1n) is 7.07. The van der Waals surface area contributed by atoms with Gasteiger partial charge in [-0.2, -0.15) is 0 Å². The molecule has 1 heterocycles. The molecule has 2 N–H and O–H groups in total. The fourth-order valence-electron chi connectivity index (χ4n) is 2.29. The topological polar surface area (TPSA) is 97.1 Å². The molecular weight excluding hydrogens is 284 g/mol. The Morgan fingerprint density at radius 1 is 1.41 bits per heavy atom. The van der Waals surface area contributed by atoms with E-state index in [9.17, 15) is 9.59 Å².